The molecule has 0 unspecified atom stereocenters. The van der Waals surface area contributed by atoms with E-state index >= 15 is 0 Å². The number of rotatable bonds is 4. The molecule has 4 rings (SSSR count). The SMILES string of the molecule is CCC(CC)N1C[C@]23C=C[C@H](O2)[C@H](C(=O)N2CCCNC(=O)C2)[C@@H]3C1=O. The van der Waals surface area contributed by atoms with Gasteiger partial charge in [0, 0.05) is 19.1 Å². The second-order valence-electron chi connectivity index (χ2n) is 7.80. The highest BCUT2D eigenvalue weighted by Gasteiger charge is 2.67. The molecule has 4 aliphatic rings. The number of likely N-dealkylation sites (tertiary alicyclic amines) is 1. The maximum absolute atomic E-state index is 13.3. The molecule has 0 aromatic carbocycles. The van der Waals surface area contributed by atoms with E-state index in [9.17, 15) is 14.4 Å². The molecule has 142 valence electrons. The molecule has 0 aromatic rings. The van der Waals surface area contributed by atoms with Crippen LogP contribution in [0.25, 0.3) is 0 Å². The Balaban J connectivity index is 1.60. The third-order valence-electron chi connectivity index (χ3n) is 6.37. The van der Waals surface area contributed by atoms with Crippen molar-refractivity contribution in [2.75, 3.05) is 26.2 Å². The summed E-state index contributed by atoms with van der Waals surface area (Å²) in [6.45, 7) is 5.88. The van der Waals surface area contributed by atoms with Gasteiger partial charge in [-0.3, -0.25) is 14.4 Å². The van der Waals surface area contributed by atoms with E-state index in [-0.39, 0.29) is 36.4 Å². The van der Waals surface area contributed by atoms with Gasteiger partial charge in [0.2, 0.25) is 17.7 Å². The monoisotopic (exact) mass is 361 g/mol. The predicted octanol–water partition coefficient (Wildman–Crippen LogP) is 0.306. The minimum absolute atomic E-state index is 0.0307. The van der Waals surface area contributed by atoms with Gasteiger partial charge in [-0.1, -0.05) is 26.0 Å². The van der Waals surface area contributed by atoms with Crippen LogP contribution in [0.3, 0.4) is 0 Å². The number of carbonyl (C=O) groups excluding carboxylic acids is 3. The minimum Gasteiger partial charge on any atom is -0.360 e. The number of amides is 3. The summed E-state index contributed by atoms with van der Waals surface area (Å²) in [6.07, 6.45) is 6.08. The molecule has 0 saturated carbocycles. The summed E-state index contributed by atoms with van der Waals surface area (Å²) in [5.41, 5.74) is -0.668. The zero-order valence-electron chi connectivity index (χ0n) is 15.4. The van der Waals surface area contributed by atoms with Gasteiger partial charge in [-0.05, 0) is 19.3 Å². The second-order valence-corrected chi connectivity index (χ2v) is 7.80. The molecule has 4 heterocycles. The first-order chi connectivity index (χ1) is 12.5. The highest BCUT2D eigenvalue weighted by atomic mass is 16.5. The van der Waals surface area contributed by atoms with Gasteiger partial charge in [0.1, 0.15) is 5.60 Å². The number of nitrogens with zero attached hydrogens (tertiary/aromatic N) is 2. The topological polar surface area (TPSA) is 79.0 Å². The van der Waals surface area contributed by atoms with Gasteiger partial charge in [-0.25, -0.2) is 0 Å². The Morgan fingerprint density at radius 3 is 2.88 bits per heavy atom. The largest absolute Gasteiger partial charge is 0.360 e. The lowest BCUT2D eigenvalue weighted by Crippen LogP contribution is -2.48. The number of hydrogen-bond acceptors (Lipinski definition) is 4. The van der Waals surface area contributed by atoms with Gasteiger partial charge in [-0.15, -0.1) is 0 Å². The van der Waals surface area contributed by atoms with E-state index in [1.54, 1.807) is 4.90 Å². The smallest absolute Gasteiger partial charge is 0.239 e. The van der Waals surface area contributed by atoms with Crippen LogP contribution in [0.2, 0.25) is 0 Å². The molecule has 7 nitrogen and oxygen atoms in total. The first-order valence-electron chi connectivity index (χ1n) is 9.74. The van der Waals surface area contributed by atoms with Crippen molar-refractivity contribution in [1.82, 2.24) is 15.1 Å². The van der Waals surface area contributed by atoms with Gasteiger partial charge >= 0.3 is 0 Å². The summed E-state index contributed by atoms with van der Waals surface area (Å²) in [7, 11) is 0. The molecule has 4 atom stereocenters. The normalized spacial score (nSPS) is 35.9. The van der Waals surface area contributed by atoms with Gasteiger partial charge < -0.3 is 19.9 Å². The fraction of sp³-hybridized carbons (Fsp3) is 0.737. The zero-order valence-corrected chi connectivity index (χ0v) is 15.4. The average Bonchev–Trinajstić information content (AvgIpc) is 3.20. The maximum atomic E-state index is 13.3. The summed E-state index contributed by atoms with van der Waals surface area (Å²) >= 11 is 0. The van der Waals surface area contributed by atoms with Crippen LogP contribution in [0.5, 0.6) is 0 Å². The maximum Gasteiger partial charge on any atom is 0.239 e. The summed E-state index contributed by atoms with van der Waals surface area (Å²) in [6, 6.07) is 0.179. The lowest BCUT2D eigenvalue weighted by molar-refractivity contribution is -0.145. The van der Waals surface area contributed by atoms with E-state index in [1.807, 2.05) is 17.1 Å². The fourth-order valence-corrected chi connectivity index (χ4v) is 5.05. The second kappa shape index (κ2) is 6.37. The van der Waals surface area contributed by atoms with Crippen molar-refractivity contribution in [3.8, 4) is 0 Å². The molecule has 3 saturated heterocycles. The predicted molar refractivity (Wildman–Crippen MR) is 94.0 cm³/mol. The van der Waals surface area contributed by atoms with E-state index in [2.05, 4.69) is 19.2 Å². The first kappa shape index (κ1) is 17.5. The van der Waals surface area contributed by atoms with Gasteiger partial charge in [0.05, 0.1) is 31.0 Å². The Morgan fingerprint density at radius 2 is 2.15 bits per heavy atom. The average molecular weight is 361 g/mol. The van der Waals surface area contributed by atoms with E-state index in [1.165, 1.54) is 0 Å². The summed E-state index contributed by atoms with van der Waals surface area (Å²) in [4.78, 5) is 41.8. The van der Waals surface area contributed by atoms with E-state index in [4.69, 9.17) is 4.74 Å². The van der Waals surface area contributed by atoms with Crippen molar-refractivity contribution in [2.45, 2.75) is 50.9 Å². The number of ether oxygens (including phenoxy) is 1. The van der Waals surface area contributed by atoms with Crippen LogP contribution in [-0.2, 0) is 19.1 Å². The zero-order chi connectivity index (χ0) is 18.5. The molecular weight excluding hydrogens is 334 g/mol. The van der Waals surface area contributed by atoms with E-state index < -0.39 is 17.4 Å². The molecule has 7 heteroatoms. The molecule has 0 aliphatic carbocycles. The molecule has 26 heavy (non-hydrogen) atoms. The third-order valence-corrected chi connectivity index (χ3v) is 6.37. The molecule has 0 radical (unpaired) electrons. The molecule has 3 amide bonds. The van der Waals surface area contributed by atoms with Crippen molar-refractivity contribution < 1.29 is 19.1 Å². The lowest BCUT2D eigenvalue weighted by atomic mass is 9.76. The Kier molecular flexibility index (Phi) is 4.29. The van der Waals surface area contributed by atoms with Crippen molar-refractivity contribution >= 4 is 17.7 Å². The standard InChI is InChI=1S/C19H27N3O4/c1-3-12(4-2)22-11-19-7-6-13(26-19)15(16(19)18(22)25)17(24)21-9-5-8-20-14(23)10-21/h6-7,12-13,15-16H,3-5,8-11H2,1-2H3,(H,20,23)/t13-,15-,16+,19-/m0/s1. The van der Waals surface area contributed by atoms with Crippen LogP contribution in [-0.4, -0.2) is 71.4 Å². The molecule has 1 N–H and O–H groups in total. The Bertz CT molecular complexity index is 659. The minimum atomic E-state index is -0.668. The van der Waals surface area contributed by atoms with Gasteiger partial charge in [-0.2, -0.15) is 0 Å². The quantitative estimate of drug-likeness (QED) is 0.731. The summed E-state index contributed by atoms with van der Waals surface area (Å²) < 4.78 is 6.18. The van der Waals surface area contributed by atoms with Crippen LogP contribution in [0.4, 0.5) is 0 Å². The van der Waals surface area contributed by atoms with Crippen molar-refractivity contribution in [1.29, 1.82) is 0 Å². The van der Waals surface area contributed by atoms with E-state index in [0.717, 1.165) is 19.3 Å². The Hall–Kier alpha value is -1.89. The molecule has 0 aromatic heterocycles. The number of fused-ring (bicyclic) bond motifs is 1. The number of hydrogen-bond donors (Lipinski definition) is 1. The van der Waals surface area contributed by atoms with Crippen molar-refractivity contribution in [2.24, 2.45) is 11.8 Å². The fourth-order valence-electron chi connectivity index (χ4n) is 5.05. The van der Waals surface area contributed by atoms with Crippen LogP contribution >= 0.6 is 0 Å². The van der Waals surface area contributed by atoms with Crippen LogP contribution in [0, 0.1) is 11.8 Å². The third kappa shape index (κ3) is 2.47. The Labute approximate surface area is 153 Å². The summed E-state index contributed by atoms with van der Waals surface area (Å²) in [5.74, 6) is -1.21. The molecule has 4 aliphatic heterocycles. The first-order valence-corrected chi connectivity index (χ1v) is 9.74. The van der Waals surface area contributed by atoms with Crippen molar-refractivity contribution in [3.05, 3.63) is 12.2 Å². The van der Waals surface area contributed by atoms with Crippen LogP contribution in [0.15, 0.2) is 12.2 Å². The highest BCUT2D eigenvalue weighted by Crippen LogP contribution is 2.53. The molecule has 3 fully saturated rings. The van der Waals surface area contributed by atoms with Crippen LogP contribution < -0.4 is 5.32 Å². The highest BCUT2D eigenvalue weighted by molar-refractivity contribution is 5.94. The Morgan fingerprint density at radius 1 is 1.38 bits per heavy atom. The number of carbonyl (C=O) groups is 3. The molecular formula is C19H27N3O4. The van der Waals surface area contributed by atoms with Gasteiger partial charge in [0.25, 0.3) is 0 Å². The number of nitrogens with one attached hydrogen (secondary N) is 1. The van der Waals surface area contributed by atoms with Crippen molar-refractivity contribution in [3.63, 3.8) is 0 Å². The molecule has 1 spiro atoms. The lowest BCUT2D eigenvalue weighted by Gasteiger charge is -2.30. The molecule has 2 bridgehead atoms. The van der Waals surface area contributed by atoms with Gasteiger partial charge in [0.15, 0.2) is 0 Å². The summed E-state index contributed by atoms with van der Waals surface area (Å²) in [5, 5.41) is 2.79. The van der Waals surface area contributed by atoms with Crippen LogP contribution in [0.1, 0.15) is 33.1 Å². The van der Waals surface area contributed by atoms with E-state index in [0.29, 0.717) is 19.6 Å².